The number of carbonyl (C=O) groups excluding carboxylic acids is 1. The molecule has 4 heteroatoms. The fourth-order valence-electron chi connectivity index (χ4n) is 3.35. The van der Waals surface area contributed by atoms with Crippen LogP contribution in [0.25, 0.3) is 10.9 Å². The van der Waals surface area contributed by atoms with Crippen LogP contribution in [0.3, 0.4) is 0 Å². The lowest BCUT2D eigenvalue weighted by atomic mass is 9.88. The summed E-state index contributed by atoms with van der Waals surface area (Å²) in [5.41, 5.74) is 2.96. The molecule has 1 aromatic heterocycles. The average molecular weight is 338 g/mol. The lowest BCUT2D eigenvalue weighted by Gasteiger charge is -2.18. The number of amides is 1. The molecule has 3 nitrogen and oxygen atoms in total. The van der Waals surface area contributed by atoms with Crippen LogP contribution in [0, 0.1) is 5.82 Å². The maximum absolute atomic E-state index is 13.8. The van der Waals surface area contributed by atoms with E-state index in [0.717, 1.165) is 22.0 Å². The van der Waals surface area contributed by atoms with Gasteiger partial charge in [-0.05, 0) is 43.2 Å². The van der Waals surface area contributed by atoms with Crippen LogP contribution in [0.4, 0.5) is 4.39 Å². The van der Waals surface area contributed by atoms with Crippen molar-refractivity contribution < 1.29 is 9.18 Å². The highest BCUT2D eigenvalue weighted by atomic mass is 19.1. The molecule has 3 rings (SSSR count). The lowest BCUT2D eigenvalue weighted by Crippen LogP contribution is -2.31. The van der Waals surface area contributed by atoms with Crippen LogP contribution in [0.15, 0.2) is 54.7 Å². The molecule has 0 radical (unpaired) electrons. The van der Waals surface area contributed by atoms with Crippen molar-refractivity contribution in [1.82, 2.24) is 9.88 Å². The molecule has 25 heavy (non-hydrogen) atoms. The molecule has 0 saturated heterocycles. The summed E-state index contributed by atoms with van der Waals surface area (Å²) in [7, 11) is 1.99. The van der Waals surface area contributed by atoms with Crippen molar-refractivity contribution in [1.29, 1.82) is 0 Å². The fraction of sp³-hybridized carbons (Fsp3) is 0.286. The summed E-state index contributed by atoms with van der Waals surface area (Å²) in [6.07, 6.45) is 2.33. The third kappa shape index (κ3) is 3.73. The number of hydrogen-bond donors (Lipinski definition) is 1. The first-order valence-electron chi connectivity index (χ1n) is 8.54. The van der Waals surface area contributed by atoms with Crippen molar-refractivity contribution in [2.75, 3.05) is 0 Å². The Kier molecular flexibility index (Phi) is 4.88. The van der Waals surface area contributed by atoms with Gasteiger partial charge in [0.2, 0.25) is 5.91 Å². The van der Waals surface area contributed by atoms with Crippen LogP contribution in [-0.4, -0.2) is 16.5 Å². The topological polar surface area (TPSA) is 34.0 Å². The summed E-state index contributed by atoms with van der Waals surface area (Å²) in [5, 5.41) is 4.04. The van der Waals surface area contributed by atoms with E-state index >= 15 is 0 Å². The largest absolute Gasteiger partial charge is 0.354 e. The monoisotopic (exact) mass is 338 g/mol. The Morgan fingerprint density at radius 2 is 1.92 bits per heavy atom. The second kappa shape index (κ2) is 7.09. The Bertz CT molecular complexity index is 898. The summed E-state index contributed by atoms with van der Waals surface area (Å²) in [6.45, 7) is 3.88. The quantitative estimate of drug-likeness (QED) is 0.737. The summed E-state index contributed by atoms with van der Waals surface area (Å²) >= 11 is 0. The number of hydrogen-bond acceptors (Lipinski definition) is 1. The van der Waals surface area contributed by atoms with Gasteiger partial charge in [0.25, 0.3) is 0 Å². The van der Waals surface area contributed by atoms with Crippen molar-refractivity contribution in [3.8, 4) is 0 Å². The molecule has 0 aliphatic rings. The van der Waals surface area contributed by atoms with E-state index in [2.05, 4.69) is 22.0 Å². The Balaban J connectivity index is 2.08. The minimum absolute atomic E-state index is 0.0304. The highest BCUT2D eigenvalue weighted by Gasteiger charge is 2.22. The molecule has 0 bridgehead atoms. The molecule has 1 amide bonds. The Hall–Kier alpha value is -2.62. The summed E-state index contributed by atoms with van der Waals surface area (Å²) in [5.74, 6) is -0.509. The number of nitrogens with zero attached hydrogens (tertiary/aromatic N) is 1. The molecule has 130 valence electrons. The standard InChI is InChI=1S/C21H23FN2O/c1-14(2)23-21(25)12-18(15-7-6-8-16(22)11-15)19-13-24(3)20-10-5-4-9-17(19)20/h4-11,13-14,18H,12H2,1-3H3,(H,23,25)/t18-/m0/s1. The van der Waals surface area contributed by atoms with Gasteiger partial charge in [0.05, 0.1) is 0 Å². The number of benzene rings is 2. The average Bonchev–Trinajstić information content (AvgIpc) is 2.89. The van der Waals surface area contributed by atoms with Gasteiger partial charge in [-0.2, -0.15) is 0 Å². The molecule has 0 aliphatic carbocycles. The van der Waals surface area contributed by atoms with Gasteiger partial charge in [0, 0.05) is 42.5 Å². The van der Waals surface area contributed by atoms with Crippen LogP contribution in [0.2, 0.25) is 0 Å². The first-order valence-corrected chi connectivity index (χ1v) is 8.54. The number of halogens is 1. The van der Waals surface area contributed by atoms with Gasteiger partial charge in [-0.3, -0.25) is 4.79 Å². The van der Waals surface area contributed by atoms with E-state index in [4.69, 9.17) is 0 Å². The molecule has 1 atom stereocenters. The van der Waals surface area contributed by atoms with Crippen LogP contribution in [0.1, 0.15) is 37.3 Å². The second-order valence-electron chi connectivity index (χ2n) is 6.75. The van der Waals surface area contributed by atoms with E-state index in [-0.39, 0.29) is 30.1 Å². The fourth-order valence-corrected chi connectivity index (χ4v) is 3.35. The van der Waals surface area contributed by atoms with Crippen LogP contribution in [-0.2, 0) is 11.8 Å². The number of aryl methyl sites for hydroxylation is 1. The molecule has 0 saturated carbocycles. The smallest absolute Gasteiger partial charge is 0.221 e. The molecule has 0 spiro atoms. The highest BCUT2D eigenvalue weighted by Crippen LogP contribution is 2.34. The predicted molar refractivity (Wildman–Crippen MR) is 99.1 cm³/mol. The van der Waals surface area contributed by atoms with Gasteiger partial charge in [-0.25, -0.2) is 4.39 Å². The van der Waals surface area contributed by atoms with Gasteiger partial charge in [-0.15, -0.1) is 0 Å². The molecule has 3 aromatic rings. The Morgan fingerprint density at radius 1 is 1.16 bits per heavy atom. The maximum Gasteiger partial charge on any atom is 0.221 e. The molecule has 1 N–H and O–H groups in total. The van der Waals surface area contributed by atoms with Gasteiger partial charge in [0.15, 0.2) is 0 Å². The number of fused-ring (bicyclic) bond motifs is 1. The number of rotatable bonds is 5. The zero-order valence-electron chi connectivity index (χ0n) is 14.8. The number of aromatic nitrogens is 1. The normalized spacial score (nSPS) is 12.5. The maximum atomic E-state index is 13.8. The van der Waals surface area contributed by atoms with Gasteiger partial charge < -0.3 is 9.88 Å². The van der Waals surface area contributed by atoms with E-state index in [9.17, 15) is 9.18 Å². The number of nitrogens with one attached hydrogen (secondary N) is 1. The van der Waals surface area contributed by atoms with E-state index in [1.807, 2.05) is 45.3 Å². The first-order chi connectivity index (χ1) is 12.0. The van der Waals surface area contributed by atoms with E-state index in [0.29, 0.717) is 0 Å². The SMILES string of the molecule is CC(C)NC(=O)C[C@@H](c1cccc(F)c1)c1cn(C)c2ccccc12. The molecular formula is C21H23FN2O. The zero-order chi connectivity index (χ0) is 18.0. The van der Waals surface area contributed by atoms with Crippen molar-refractivity contribution in [3.05, 3.63) is 71.7 Å². The summed E-state index contributed by atoms with van der Waals surface area (Å²) < 4.78 is 15.9. The Labute approximate surface area is 147 Å². The van der Waals surface area contributed by atoms with Crippen molar-refractivity contribution in [3.63, 3.8) is 0 Å². The highest BCUT2D eigenvalue weighted by molar-refractivity contribution is 5.86. The van der Waals surface area contributed by atoms with E-state index in [1.165, 1.54) is 12.1 Å². The second-order valence-corrected chi connectivity index (χ2v) is 6.75. The van der Waals surface area contributed by atoms with Crippen molar-refractivity contribution in [2.45, 2.75) is 32.2 Å². The predicted octanol–water partition coefficient (Wildman–Crippen LogP) is 4.36. The molecular weight excluding hydrogens is 315 g/mol. The van der Waals surface area contributed by atoms with Crippen LogP contribution < -0.4 is 5.32 Å². The third-order valence-corrected chi connectivity index (χ3v) is 4.39. The van der Waals surface area contributed by atoms with Crippen molar-refractivity contribution in [2.24, 2.45) is 7.05 Å². The molecule has 0 fully saturated rings. The molecule has 2 aromatic carbocycles. The number of para-hydroxylation sites is 1. The van der Waals surface area contributed by atoms with Crippen LogP contribution >= 0.6 is 0 Å². The van der Waals surface area contributed by atoms with Gasteiger partial charge >= 0.3 is 0 Å². The summed E-state index contributed by atoms with van der Waals surface area (Å²) in [6, 6.07) is 14.7. The molecule has 0 aliphatic heterocycles. The third-order valence-electron chi connectivity index (χ3n) is 4.39. The lowest BCUT2D eigenvalue weighted by molar-refractivity contribution is -0.121. The Morgan fingerprint density at radius 3 is 2.64 bits per heavy atom. The minimum atomic E-state index is -0.285. The van der Waals surface area contributed by atoms with Crippen molar-refractivity contribution >= 4 is 16.8 Å². The molecule has 0 unspecified atom stereocenters. The van der Waals surface area contributed by atoms with E-state index < -0.39 is 0 Å². The van der Waals surface area contributed by atoms with Crippen LogP contribution in [0.5, 0.6) is 0 Å². The minimum Gasteiger partial charge on any atom is -0.354 e. The van der Waals surface area contributed by atoms with E-state index in [1.54, 1.807) is 6.07 Å². The first kappa shape index (κ1) is 17.2. The van der Waals surface area contributed by atoms with Gasteiger partial charge in [0.1, 0.15) is 5.82 Å². The molecule has 1 heterocycles. The van der Waals surface area contributed by atoms with Gasteiger partial charge in [-0.1, -0.05) is 30.3 Å². The zero-order valence-corrected chi connectivity index (χ0v) is 14.8. The number of carbonyl (C=O) groups is 1. The summed E-state index contributed by atoms with van der Waals surface area (Å²) in [4.78, 5) is 12.4.